The van der Waals surface area contributed by atoms with Gasteiger partial charge in [-0.05, 0) is 25.5 Å². The number of carbonyl (C=O) groups excluding carboxylic acids is 1. The molecular formula is C20H33IN4O4. The van der Waals surface area contributed by atoms with Crippen molar-refractivity contribution in [3.8, 4) is 11.5 Å². The fraction of sp³-hybridized carbons (Fsp3) is 0.600. The zero-order valence-corrected chi connectivity index (χ0v) is 20.0. The van der Waals surface area contributed by atoms with E-state index in [0.717, 1.165) is 37.7 Å². The predicted octanol–water partition coefficient (Wildman–Crippen LogP) is 1.74. The van der Waals surface area contributed by atoms with E-state index in [0.29, 0.717) is 18.4 Å². The number of carbonyl (C=O) groups is 1. The maximum atomic E-state index is 11.9. The van der Waals surface area contributed by atoms with Crippen molar-refractivity contribution in [3.05, 3.63) is 24.3 Å². The molecule has 1 aromatic carbocycles. The van der Waals surface area contributed by atoms with Crippen LogP contribution in [0.5, 0.6) is 11.5 Å². The van der Waals surface area contributed by atoms with Crippen LogP contribution >= 0.6 is 24.0 Å². The van der Waals surface area contributed by atoms with Crippen LogP contribution in [0.3, 0.4) is 0 Å². The van der Waals surface area contributed by atoms with Crippen LogP contribution in [0.25, 0.3) is 0 Å². The number of nitrogens with zero attached hydrogens (tertiary/aromatic N) is 2. The first-order valence-corrected chi connectivity index (χ1v) is 9.58. The highest BCUT2D eigenvalue weighted by Gasteiger charge is 2.16. The van der Waals surface area contributed by atoms with Crippen LogP contribution in [-0.2, 0) is 9.53 Å². The van der Waals surface area contributed by atoms with Crippen molar-refractivity contribution in [2.45, 2.75) is 19.4 Å². The highest BCUT2D eigenvalue weighted by Crippen LogP contribution is 2.19. The van der Waals surface area contributed by atoms with E-state index in [1.165, 1.54) is 4.90 Å². The molecule has 1 aromatic rings. The molecule has 0 saturated carbocycles. The second kappa shape index (κ2) is 13.5. The van der Waals surface area contributed by atoms with Gasteiger partial charge in [0.05, 0.1) is 20.3 Å². The Labute approximate surface area is 190 Å². The maximum Gasteiger partial charge on any atom is 0.243 e. The van der Waals surface area contributed by atoms with Gasteiger partial charge in [0.1, 0.15) is 24.1 Å². The minimum absolute atomic E-state index is 0. The number of likely N-dealkylation sites (N-methyl/N-ethyl adjacent to an activating group) is 1. The van der Waals surface area contributed by atoms with Gasteiger partial charge in [0.25, 0.3) is 0 Å². The highest BCUT2D eigenvalue weighted by atomic mass is 127. The Morgan fingerprint density at radius 2 is 2.10 bits per heavy atom. The van der Waals surface area contributed by atoms with Crippen LogP contribution in [0.15, 0.2) is 29.3 Å². The zero-order chi connectivity index (χ0) is 20.4. The normalized spacial score (nSPS) is 17.1. The van der Waals surface area contributed by atoms with Gasteiger partial charge in [0.15, 0.2) is 5.96 Å². The molecule has 0 aliphatic carbocycles. The lowest BCUT2D eigenvalue weighted by atomic mass is 10.1. The largest absolute Gasteiger partial charge is 0.497 e. The summed E-state index contributed by atoms with van der Waals surface area (Å²) in [6, 6.07) is 7.50. The van der Waals surface area contributed by atoms with Crippen LogP contribution in [0.2, 0.25) is 0 Å². The number of hydrogen-bond donors (Lipinski definition) is 2. The number of rotatable bonds is 9. The Kier molecular flexibility index (Phi) is 11.7. The zero-order valence-electron chi connectivity index (χ0n) is 17.6. The summed E-state index contributed by atoms with van der Waals surface area (Å²) in [5.74, 6) is 2.50. The fourth-order valence-electron chi connectivity index (χ4n) is 2.64. The number of ether oxygens (including phenoxy) is 3. The van der Waals surface area contributed by atoms with Gasteiger partial charge >= 0.3 is 0 Å². The standard InChI is InChI=1S/C20H32N4O4.HI/c1-15(28-18-7-5-6-17(10-18)26-4)11-21-20(23-13-19(25)24(2)3)22-12-16-8-9-27-14-16;/h5-7,10,15-16H,8-9,11-14H2,1-4H3,(H2,21,22,23);1H. The third kappa shape index (κ3) is 9.53. The van der Waals surface area contributed by atoms with Gasteiger partial charge in [-0.15, -0.1) is 24.0 Å². The number of nitrogens with one attached hydrogen (secondary N) is 2. The Morgan fingerprint density at radius 3 is 2.76 bits per heavy atom. The van der Waals surface area contributed by atoms with Crippen LogP contribution in [0.1, 0.15) is 13.3 Å². The molecule has 9 heteroatoms. The van der Waals surface area contributed by atoms with Crippen molar-refractivity contribution in [1.82, 2.24) is 15.5 Å². The smallest absolute Gasteiger partial charge is 0.243 e. The summed E-state index contributed by atoms with van der Waals surface area (Å²) in [5.41, 5.74) is 0. The minimum Gasteiger partial charge on any atom is -0.497 e. The van der Waals surface area contributed by atoms with Crippen LogP contribution in [-0.4, -0.2) is 76.9 Å². The lowest BCUT2D eigenvalue weighted by molar-refractivity contribution is -0.127. The minimum atomic E-state index is -0.0986. The van der Waals surface area contributed by atoms with Crippen molar-refractivity contribution in [3.63, 3.8) is 0 Å². The van der Waals surface area contributed by atoms with E-state index in [9.17, 15) is 4.79 Å². The summed E-state index contributed by atoms with van der Waals surface area (Å²) in [4.78, 5) is 17.8. The van der Waals surface area contributed by atoms with Crippen LogP contribution < -0.4 is 20.1 Å². The molecule has 2 unspecified atom stereocenters. The Morgan fingerprint density at radius 1 is 1.34 bits per heavy atom. The van der Waals surface area contributed by atoms with Crippen molar-refractivity contribution in [2.75, 3.05) is 54.1 Å². The Bertz CT molecular complexity index is 651. The maximum absolute atomic E-state index is 11.9. The first kappa shape index (κ1) is 25.3. The van der Waals surface area contributed by atoms with Gasteiger partial charge in [-0.2, -0.15) is 0 Å². The van der Waals surface area contributed by atoms with E-state index in [2.05, 4.69) is 15.6 Å². The van der Waals surface area contributed by atoms with Crippen LogP contribution in [0, 0.1) is 5.92 Å². The van der Waals surface area contributed by atoms with Gasteiger partial charge < -0.3 is 29.7 Å². The second-order valence-electron chi connectivity index (χ2n) is 7.05. The van der Waals surface area contributed by atoms with Gasteiger partial charge in [0, 0.05) is 39.2 Å². The fourth-order valence-corrected chi connectivity index (χ4v) is 2.64. The number of benzene rings is 1. The molecular weight excluding hydrogens is 487 g/mol. The molecule has 0 spiro atoms. The van der Waals surface area contributed by atoms with Gasteiger partial charge in [-0.3, -0.25) is 4.79 Å². The van der Waals surface area contributed by atoms with Gasteiger partial charge in [0.2, 0.25) is 5.91 Å². The van der Waals surface area contributed by atoms with E-state index in [1.807, 2.05) is 31.2 Å². The molecule has 0 radical (unpaired) electrons. The molecule has 0 aromatic heterocycles. The number of halogens is 1. The lowest BCUT2D eigenvalue weighted by Gasteiger charge is -2.19. The molecule has 0 bridgehead atoms. The summed E-state index contributed by atoms with van der Waals surface area (Å²) in [6.45, 7) is 4.92. The van der Waals surface area contributed by atoms with Gasteiger partial charge in [-0.25, -0.2) is 4.99 Å². The highest BCUT2D eigenvalue weighted by molar-refractivity contribution is 14.0. The molecule has 1 fully saturated rings. The molecule has 2 N–H and O–H groups in total. The predicted molar refractivity (Wildman–Crippen MR) is 124 cm³/mol. The topological polar surface area (TPSA) is 84.4 Å². The Hall–Kier alpha value is -1.75. The van der Waals surface area contributed by atoms with Crippen molar-refractivity contribution >= 4 is 35.8 Å². The average molecular weight is 520 g/mol. The van der Waals surface area contributed by atoms with Crippen LogP contribution in [0.4, 0.5) is 0 Å². The number of methoxy groups -OCH3 is 1. The molecule has 1 amide bonds. The Balaban J connectivity index is 0.00000420. The van der Waals surface area contributed by atoms with Crippen molar-refractivity contribution in [2.24, 2.45) is 10.9 Å². The number of amides is 1. The average Bonchev–Trinajstić information content (AvgIpc) is 3.20. The van der Waals surface area contributed by atoms with Gasteiger partial charge in [-0.1, -0.05) is 6.07 Å². The number of hydrogen-bond acceptors (Lipinski definition) is 5. The van der Waals surface area contributed by atoms with E-state index < -0.39 is 0 Å². The third-order valence-corrected chi connectivity index (χ3v) is 4.39. The molecule has 2 rings (SSSR count). The summed E-state index contributed by atoms with van der Waals surface area (Å²) >= 11 is 0. The van der Waals surface area contributed by atoms with E-state index >= 15 is 0 Å². The van der Waals surface area contributed by atoms with Crippen molar-refractivity contribution in [1.29, 1.82) is 0 Å². The molecule has 1 saturated heterocycles. The molecule has 2 atom stereocenters. The summed E-state index contributed by atoms with van der Waals surface area (Å²) in [7, 11) is 5.07. The summed E-state index contributed by atoms with van der Waals surface area (Å²) in [5, 5.41) is 6.56. The summed E-state index contributed by atoms with van der Waals surface area (Å²) < 4.78 is 16.6. The quantitative estimate of drug-likeness (QED) is 0.293. The first-order valence-electron chi connectivity index (χ1n) is 9.58. The molecule has 164 valence electrons. The lowest BCUT2D eigenvalue weighted by Crippen LogP contribution is -2.44. The monoisotopic (exact) mass is 520 g/mol. The first-order chi connectivity index (χ1) is 13.5. The number of aliphatic imine (C=N–C) groups is 1. The molecule has 8 nitrogen and oxygen atoms in total. The molecule has 29 heavy (non-hydrogen) atoms. The SMILES string of the molecule is COc1cccc(OC(C)CNC(=NCC(=O)N(C)C)NCC2CCOC2)c1.I. The second-order valence-corrected chi connectivity index (χ2v) is 7.05. The molecule has 1 aliphatic heterocycles. The van der Waals surface area contributed by atoms with Crippen molar-refractivity contribution < 1.29 is 19.0 Å². The molecule has 1 heterocycles. The summed E-state index contributed by atoms with van der Waals surface area (Å²) in [6.07, 6.45) is 0.935. The van der Waals surface area contributed by atoms with E-state index in [4.69, 9.17) is 14.2 Å². The number of guanidine groups is 1. The van der Waals surface area contributed by atoms with E-state index in [1.54, 1.807) is 21.2 Å². The molecule has 1 aliphatic rings. The van der Waals surface area contributed by atoms with E-state index in [-0.39, 0.29) is 42.5 Å². The third-order valence-electron chi connectivity index (χ3n) is 4.39.